The number of carboxylic acids is 1. The van der Waals surface area contributed by atoms with Gasteiger partial charge in [0.15, 0.2) is 0 Å². The molecule has 2 unspecified atom stereocenters. The second kappa shape index (κ2) is 5.63. The molecule has 0 aliphatic rings. The summed E-state index contributed by atoms with van der Waals surface area (Å²) in [5, 5.41) is 8.72. The molecule has 4 nitrogen and oxygen atoms in total. The molecule has 0 fully saturated rings. The van der Waals surface area contributed by atoms with Gasteiger partial charge in [0, 0.05) is 13.2 Å². The molecule has 0 amide bonds. The maximum atomic E-state index is 10.6. The topological polar surface area (TPSA) is 72.5 Å². The zero-order chi connectivity index (χ0) is 12.1. The number of hydrogen-bond acceptors (Lipinski definition) is 3. The second-order valence-electron chi connectivity index (χ2n) is 3.71. The summed E-state index contributed by atoms with van der Waals surface area (Å²) in [5.41, 5.74) is 7.63. The van der Waals surface area contributed by atoms with E-state index in [4.69, 9.17) is 15.6 Å². The minimum Gasteiger partial charge on any atom is -0.481 e. The van der Waals surface area contributed by atoms with Crippen molar-refractivity contribution < 1.29 is 14.6 Å². The molecule has 4 heteroatoms. The van der Waals surface area contributed by atoms with Crippen LogP contribution in [0, 0.1) is 0 Å². The highest BCUT2D eigenvalue weighted by Gasteiger charge is 2.16. The third-order valence-electron chi connectivity index (χ3n) is 2.58. The molecule has 1 aromatic rings. The Kier molecular flexibility index (Phi) is 4.46. The van der Waals surface area contributed by atoms with E-state index in [1.807, 2.05) is 31.2 Å². The van der Waals surface area contributed by atoms with E-state index in [9.17, 15) is 4.79 Å². The zero-order valence-corrected chi connectivity index (χ0v) is 9.51. The molecule has 0 bridgehead atoms. The fraction of sp³-hybridized carbons (Fsp3) is 0.417. The van der Waals surface area contributed by atoms with Crippen LogP contribution in [-0.2, 0) is 9.53 Å². The first-order valence-corrected chi connectivity index (χ1v) is 5.15. The first-order chi connectivity index (χ1) is 7.56. The zero-order valence-electron chi connectivity index (χ0n) is 9.51. The summed E-state index contributed by atoms with van der Waals surface area (Å²) in [5.74, 6) is -0.896. The Morgan fingerprint density at radius 1 is 1.44 bits per heavy atom. The maximum absolute atomic E-state index is 10.6. The van der Waals surface area contributed by atoms with Crippen molar-refractivity contribution in [1.29, 1.82) is 0 Å². The molecular formula is C12H17NO3. The van der Waals surface area contributed by atoms with Gasteiger partial charge in [0.05, 0.1) is 12.5 Å². The predicted molar refractivity (Wildman–Crippen MR) is 61.0 cm³/mol. The van der Waals surface area contributed by atoms with E-state index in [-0.39, 0.29) is 12.5 Å². The number of aliphatic carboxylic acids is 1. The third-order valence-corrected chi connectivity index (χ3v) is 2.58. The summed E-state index contributed by atoms with van der Waals surface area (Å²) in [6.07, 6.45) is -0.163. The molecule has 1 aromatic carbocycles. The van der Waals surface area contributed by atoms with Gasteiger partial charge in [-0.15, -0.1) is 0 Å². The fourth-order valence-corrected chi connectivity index (χ4v) is 1.64. The number of nitrogens with two attached hydrogens (primary N) is 1. The predicted octanol–water partition coefficient (Wildman–Crippen LogP) is 1.87. The molecule has 0 heterocycles. The van der Waals surface area contributed by atoms with E-state index in [1.165, 1.54) is 0 Å². The summed E-state index contributed by atoms with van der Waals surface area (Å²) >= 11 is 0. The summed E-state index contributed by atoms with van der Waals surface area (Å²) in [6.45, 7) is 1.91. The third kappa shape index (κ3) is 3.05. The van der Waals surface area contributed by atoms with E-state index in [0.717, 1.165) is 11.1 Å². The van der Waals surface area contributed by atoms with Gasteiger partial charge in [0.25, 0.3) is 0 Å². The van der Waals surface area contributed by atoms with Gasteiger partial charge in [-0.3, -0.25) is 4.79 Å². The van der Waals surface area contributed by atoms with Gasteiger partial charge in [0.1, 0.15) is 0 Å². The molecule has 0 aliphatic carbocycles. The molecule has 0 radical (unpaired) electrons. The van der Waals surface area contributed by atoms with Gasteiger partial charge in [-0.2, -0.15) is 0 Å². The van der Waals surface area contributed by atoms with Crippen LogP contribution in [0.25, 0.3) is 0 Å². The molecule has 0 spiro atoms. The summed E-state index contributed by atoms with van der Waals surface area (Å²) in [4.78, 5) is 10.6. The van der Waals surface area contributed by atoms with Crippen LogP contribution in [0.1, 0.15) is 36.6 Å². The number of benzene rings is 1. The van der Waals surface area contributed by atoms with Crippen molar-refractivity contribution in [1.82, 2.24) is 0 Å². The molecule has 16 heavy (non-hydrogen) atoms. The number of rotatable bonds is 5. The normalized spacial score (nSPS) is 14.4. The highest BCUT2D eigenvalue weighted by atomic mass is 16.5. The molecule has 0 aliphatic heterocycles. The van der Waals surface area contributed by atoms with Crippen LogP contribution in [0.15, 0.2) is 24.3 Å². The van der Waals surface area contributed by atoms with Gasteiger partial charge in [-0.25, -0.2) is 0 Å². The monoisotopic (exact) mass is 223 g/mol. The summed E-state index contributed by atoms with van der Waals surface area (Å²) < 4.78 is 5.23. The number of hydrogen-bond donors (Lipinski definition) is 2. The highest BCUT2D eigenvalue weighted by Crippen LogP contribution is 2.25. The van der Waals surface area contributed by atoms with Gasteiger partial charge in [-0.05, 0) is 18.1 Å². The lowest BCUT2D eigenvalue weighted by Gasteiger charge is -2.18. The molecular weight excluding hydrogens is 206 g/mol. The van der Waals surface area contributed by atoms with Crippen LogP contribution in [0.5, 0.6) is 0 Å². The molecule has 3 N–H and O–H groups in total. The highest BCUT2D eigenvalue weighted by molar-refractivity contribution is 5.68. The van der Waals surface area contributed by atoms with Crippen molar-refractivity contribution in [3.05, 3.63) is 35.4 Å². The largest absolute Gasteiger partial charge is 0.481 e. The Morgan fingerprint density at radius 3 is 2.50 bits per heavy atom. The first-order valence-electron chi connectivity index (χ1n) is 5.15. The van der Waals surface area contributed by atoms with Crippen LogP contribution >= 0.6 is 0 Å². The Labute approximate surface area is 95.0 Å². The van der Waals surface area contributed by atoms with E-state index >= 15 is 0 Å². The smallest absolute Gasteiger partial charge is 0.305 e. The Hall–Kier alpha value is -1.39. The standard InChI is InChI=1S/C12H17NO3/c1-8(16-2)9-5-3-4-6-10(9)11(13)7-12(14)15/h3-6,8,11H,7,13H2,1-2H3,(H,14,15). The maximum Gasteiger partial charge on any atom is 0.305 e. The minimum atomic E-state index is -0.896. The minimum absolute atomic E-state index is 0.0759. The van der Waals surface area contributed by atoms with E-state index in [1.54, 1.807) is 7.11 Å². The van der Waals surface area contributed by atoms with E-state index < -0.39 is 12.0 Å². The second-order valence-corrected chi connectivity index (χ2v) is 3.71. The lowest BCUT2D eigenvalue weighted by atomic mass is 9.96. The lowest BCUT2D eigenvalue weighted by molar-refractivity contribution is -0.137. The molecule has 0 saturated heterocycles. The quantitative estimate of drug-likeness (QED) is 0.799. The number of methoxy groups -OCH3 is 1. The molecule has 2 atom stereocenters. The average Bonchev–Trinajstić information content (AvgIpc) is 2.27. The van der Waals surface area contributed by atoms with Crippen molar-refractivity contribution in [2.75, 3.05) is 7.11 Å². The van der Waals surface area contributed by atoms with Gasteiger partial charge in [-0.1, -0.05) is 24.3 Å². The Bertz CT molecular complexity index is 365. The van der Waals surface area contributed by atoms with Gasteiger partial charge < -0.3 is 15.6 Å². The van der Waals surface area contributed by atoms with Crippen molar-refractivity contribution >= 4 is 5.97 Å². The van der Waals surface area contributed by atoms with Gasteiger partial charge >= 0.3 is 5.97 Å². The van der Waals surface area contributed by atoms with E-state index in [2.05, 4.69) is 0 Å². The summed E-state index contributed by atoms with van der Waals surface area (Å²) in [6, 6.07) is 7.00. The van der Waals surface area contributed by atoms with Crippen LogP contribution in [0.4, 0.5) is 0 Å². The molecule has 1 rings (SSSR count). The van der Waals surface area contributed by atoms with Crippen molar-refractivity contribution in [2.24, 2.45) is 5.73 Å². The fourth-order valence-electron chi connectivity index (χ4n) is 1.64. The number of carbonyl (C=O) groups is 1. The Balaban J connectivity index is 2.98. The van der Waals surface area contributed by atoms with E-state index in [0.29, 0.717) is 0 Å². The Morgan fingerprint density at radius 2 is 2.00 bits per heavy atom. The van der Waals surface area contributed by atoms with Crippen LogP contribution in [0.3, 0.4) is 0 Å². The SMILES string of the molecule is COC(C)c1ccccc1C(N)CC(=O)O. The first kappa shape index (κ1) is 12.7. The van der Waals surface area contributed by atoms with Crippen LogP contribution in [-0.4, -0.2) is 18.2 Å². The van der Waals surface area contributed by atoms with Crippen molar-refractivity contribution in [2.45, 2.75) is 25.5 Å². The molecule has 0 aromatic heterocycles. The van der Waals surface area contributed by atoms with Crippen LogP contribution < -0.4 is 5.73 Å². The van der Waals surface area contributed by atoms with Crippen molar-refractivity contribution in [3.8, 4) is 0 Å². The molecule has 88 valence electrons. The lowest BCUT2D eigenvalue weighted by Crippen LogP contribution is -2.17. The average molecular weight is 223 g/mol. The van der Waals surface area contributed by atoms with Gasteiger partial charge in [0.2, 0.25) is 0 Å². The molecule has 0 saturated carbocycles. The van der Waals surface area contributed by atoms with Crippen molar-refractivity contribution in [3.63, 3.8) is 0 Å². The number of carboxylic acid groups (broad SMARTS) is 1. The summed E-state index contributed by atoms with van der Waals surface area (Å²) in [7, 11) is 1.62. The van der Waals surface area contributed by atoms with Crippen LogP contribution in [0.2, 0.25) is 0 Å². The number of ether oxygens (including phenoxy) is 1.